The molecule has 3 rings (SSSR count). The molecule has 0 bridgehead atoms. The third kappa shape index (κ3) is 4.12. The Morgan fingerprint density at radius 3 is 2.54 bits per heavy atom. The minimum absolute atomic E-state index is 0.166. The number of phenols is 1. The molecule has 28 heavy (non-hydrogen) atoms. The number of aromatic nitrogens is 2. The van der Waals surface area contributed by atoms with Crippen molar-refractivity contribution < 1.29 is 19.4 Å². The van der Waals surface area contributed by atoms with Gasteiger partial charge in [0.1, 0.15) is 22.9 Å². The average molecular weight is 380 g/mol. The lowest BCUT2D eigenvalue weighted by Crippen LogP contribution is -2.19. The standard InChI is InChI=1S/C20H20N4O4/c1-12(13-4-6-14(25)7-5-13)21-24-20(26)18-11-17(22-23-18)16-9-8-15(27-2)10-19(16)28-3/h4-11,25H,1-3H3,(H,22,23)(H,24,26)/b21-12+. The number of hydrazone groups is 1. The largest absolute Gasteiger partial charge is 0.508 e. The fourth-order valence-corrected chi connectivity index (χ4v) is 2.55. The van der Waals surface area contributed by atoms with Gasteiger partial charge in [0.25, 0.3) is 5.91 Å². The van der Waals surface area contributed by atoms with Crippen LogP contribution in [0.1, 0.15) is 23.0 Å². The first kappa shape index (κ1) is 19.0. The average Bonchev–Trinajstić information content (AvgIpc) is 3.21. The molecule has 0 fully saturated rings. The van der Waals surface area contributed by atoms with Crippen molar-refractivity contribution in [1.29, 1.82) is 0 Å². The number of H-pyrrole nitrogens is 1. The second-order valence-electron chi connectivity index (χ2n) is 5.92. The molecule has 1 heterocycles. The second kappa shape index (κ2) is 8.26. The normalized spacial score (nSPS) is 11.2. The van der Waals surface area contributed by atoms with Crippen molar-refractivity contribution in [1.82, 2.24) is 15.6 Å². The molecule has 0 unspecified atom stereocenters. The Morgan fingerprint density at radius 2 is 1.86 bits per heavy atom. The van der Waals surface area contributed by atoms with Crippen molar-refractivity contribution in [3.05, 3.63) is 59.8 Å². The van der Waals surface area contributed by atoms with Crippen LogP contribution < -0.4 is 14.9 Å². The molecule has 3 N–H and O–H groups in total. The zero-order valence-corrected chi connectivity index (χ0v) is 15.7. The van der Waals surface area contributed by atoms with Gasteiger partial charge in [-0.25, -0.2) is 5.43 Å². The zero-order valence-electron chi connectivity index (χ0n) is 15.7. The lowest BCUT2D eigenvalue weighted by atomic mass is 10.1. The Kier molecular flexibility index (Phi) is 5.59. The van der Waals surface area contributed by atoms with Crippen LogP contribution in [0.25, 0.3) is 11.3 Å². The van der Waals surface area contributed by atoms with Gasteiger partial charge >= 0.3 is 0 Å². The maximum atomic E-state index is 12.4. The summed E-state index contributed by atoms with van der Waals surface area (Å²) in [4.78, 5) is 12.4. The van der Waals surface area contributed by atoms with Gasteiger partial charge < -0.3 is 14.6 Å². The van der Waals surface area contributed by atoms with E-state index in [1.165, 1.54) is 0 Å². The molecule has 1 aromatic heterocycles. The van der Waals surface area contributed by atoms with Gasteiger partial charge in [-0.15, -0.1) is 0 Å². The van der Waals surface area contributed by atoms with Crippen LogP contribution in [-0.4, -0.2) is 41.1 Å². The molecule has 0 atom stereocenters. The van der Waals surface area contributed by atoms with Crippen LogP contribution in [-0.2, 0) is 0 Å². The summed E-state index contributed by atoms with van der Waals surface area (Å²) in [7, 11) is 3.13. The summed E-state index contributed by atoms with van der Waals surface area (Å²) in [6.07, 6.45) is 0. The van der Waals surface area contributed by atoms with Crippen molar-refractivity contribution in [3.63, 3.8) is 0 Å². The molecule has 1 amide bonds. The Hall–Kier alpha value is -3.81. The van der Waals surface area contributed by atoms with Crippen LogP contribution in [0.15, 0.2) is 53.6 Å². The predicted molar refractivity (Wildman–Crippen MR) is 105 cm³/mol. The van der Waals surface area contributed by atoms with Crippen LogP contribution in [0.3, 0.4) is 0 Å². The number of nitrogens with one attached hydrogen (secondary N) is 2. The Morgan fingerprint density at radius 1 is 1.11 bits per heavy atom. The van der Waals surface area contributed by atoms with E-state index in [0.29, 0.717) is 22.9 Å². The topological polar surface area (TPSA) is 109 Å². The molecule has 0 saturated carbocycles. The van der Waals surface area contributed by atoms with Crippen LogP contribution >= 0.6 is 0 Å². The van der Waals surface area contributed by atoms with Crippen molar-refractivity contribution in [2.75, 3.05) is 14.2 Å². The molecule has 144 valence electrons. The van der Waals surface area contributed by atoms with E-state index in [1.54, 1.807) is 63.6 Å². The minimum atomic E-state index is -0.427. The third-order valence-corrected chi connectivity index (χ3v) is 4.12. The molecule has 2 aromatic carbocycles. The number of carbonyl (C=O) groups excluding carboxylic acids is 1. The van der Waals surface area contributed by atoms with E-state index in [0.717, 1.165) is 11.1 Å². The monoisotopic (exact) mass is 380 g/mol. The number of ether oxygens (including phenoxy) is 2. The summed E-state index contributed by atoms with van der Waals surface area (Å²) in [5.74, 6) is 0.982. The molecular weight excluding hydrogens is 360 g/mol. The van der Waals surface area contributed by atoms with Gasteiger partial charge in [0.05, 0.1) is 25.6 Å². The van der Waals surface area contributed by atoms with E-state index < -0.39 is 5.91 Å². The summed E-state index contributed by atoms with van der Waals surface area (Å²) in [6, 6.07) is 13.5. The number of aromatic hydroxyl groups is 1. The highest BCUT2D eigenvalue weighted by molar-refractivity contribution is 6.00. The molecule has 0 aliphatic rings. The first-order valence-electron chi connectivity index (χ1n) is 8.43. The third-order valence-electron chi connectivity index (χ3n) is 4.12. The van der Waals surface area contributed by atoms with Gasteiger partial charge in [-0.05, 0) is 55.0 Å². The van der Waals surface area contributed by atoms with E-state index in [2.05, 4.69) is 20.7 Å². The number of carbonyl (C=O) groups is 1. The number of amides is 1. The predicted octanol–water partition coefficient (Wildman–Crippen LogP) is 2.95. The number of nitrogens with zero attached hydrogens (tertiary/aromatic N) is 2. The van der Waals surface area contributed by atoms with E-state index >= 15 is 0 Å². The summed E-state index contributed by atoms with van der Waals surface area (Å²) in [6.45, 7) is 1.76. The molecule has 8 nitrogen and oxygen atoms in total. The first-order chi connectivity index (χ1) is 13.5. The van der Waals surface area contributed by atoms with Gasteiger partial charge in [0.2, 0.25) is 0 Å². The van der Waals surface area contributed by atoms with Gasteiger partial charge in [-0.1, -0.05) is 0 Å². The number of rotatable bonds is 6. The van der Waals surface area contributed by atoms with E-state index in [1.807, 2.05) is 6.07 Å². The van der Waals surface area contributed by atoms with E-state index in [4.69, 9.17) is 9.47 Å². The SMILES string of the molecule is COc1ccc(-c2cc(C(=O)N/N=C(\C)c3ccc(O)cc3)[nH]n2)c(OC)c1. The number of aromatic amines is 1. The van der Waals surface area contributed by atoms with Crippen molar-refractivity contribution >= 4 is 11.6 Å². The maximum Gasteiger partial charge on any atom is 0.289 e. The zero-order chi connectivity index (χ0) is 20.1. The molecular formula is C20H20N4O4. The summed E-state index contributed by atoms with van der Waals surface area (Å²) >= 11 is 0. The number of methoxy groups -OCH3 is 2. The number of hydrogen-bond donors (Lipinski definition) is 3. The number of benzene rings is 2. The van der Waals surface area contributed by atoms with E-state index in [-0.39, 0.29) is 11.4 Å². The van der Waals surface area contributed by atoms with Crippen LogP contribution in [0.2, 0.25) is 0 Å². The van der Waals surface area contributed by atoms with Crippen LogP contribution in [0.5, 0.6) is 17.2 Å². The van der Waals surface area contributed by atoms with Crippen molar-refractivity contribution in [3.8, 4) is 28.5 Å². The lowest BCUT2D eigenvalue weighted by molar-refractivity contribution is 0.0950. The summed E-state index contributed by atoms with van der Waals surface area (Å²) < 4.78 is 10.6. The van der Waals surface area contributed by atoms with Crippen LogP contribution in [0, 0.1) is 0 Å². The van der Waals surface area contributed by atoms with Gasteiger partial charge in [0.15, 0.2) is 0 Å². The first-order valence-corrected chi connectivity index (χ1v) is 8.43. The highest BCUT2D eigenvalue weighted by Gasteiger charge is 2.14. The number of phenolic OH excluding ortho intramolecular Hbond substituents is 1. The lowest BCUT2D eigenvalue weighted by Gasteiger charge is -2.08. The molecule has 8 heteroatoms. The molecule has 0 aliphatic carbocycles. The van der Waals surface area contributed by atoms with E-state index in [9.17, 15) is 9.90 Å². The number of hydrogen-bond acceptors (Lipinski definition) is 6. The second-order valence-corrected chi connectivity index (χ2v) is 5.92. The fourth-order valence-electron chi connectivity index (χ4n) is 2.55. The molecule has 0 saturated heterocycles. The van der Waals surface area contributed by atoms with Crippen molar-refractivity contribution in [2.45, 2.75) is 6.92 Å². The molecule has 0 spiro atoms. The van der Waals surface area contributed by atoms with Gasteiger partial charge in [-0.3, -0.25) is 9.89 Å². The summed E-state index contributed by atoms with van der Waals surface area (Å²) in [5, 5.41) is 20.3. The highest BCUT2D eigenvalue weighted by Crippen LogP contribution is 2.32. The molecule has 3 aromatic rings. The van der Waals surface area contributed by atoms with Crippen molar-refractivity contribution in [2.24, 2.45) is 5.10 Å². The van der Waals surface area contributed by atoms with Crippen LogP contribution in [0.4, 0.5) is 0 Å². The summed E-state index contributed by atoms with van der Waals surface area (Å²) in [5.41, 5.74) is 5.42. The van der Waals surface area contributed by atoms with Gasteiger partial charge in [-0.2, -0.15) is 10.2 Å². The molecule has 0 radical (unpaired) electrons. The smallest absolute Gasteiger partial charge is 0.289 e. The quantitative estimate of drug-likeness (QED) is 0.450. The Balaban J connectivity index is 1.75. The Labute approximate surface area is 161 Å². The van der Waals surface area contributed by atoms with Gasteiger partial charge in [0, 0.05) is 11.6 Å². The maximum absolute atomic E-state index is 12.4. The minimum Gasteiger partial charge on any atom is -0.508 e. The Bertz CT molecular complexity index is 1010. The molecule has 0 aliphatic heterocycles. The fraction of sp³-hybridized carbons (Fsp3) is 0.150. The highest BCUT2D eigenvalue weighted by atomic mass is 16.5.